The van der Waals surface area contributed by atoms with Gasteiger partial charge in [0, 0.05) is 17.3 Å². The molecular formula is C18H18N4O2. The maximum absolute atomic E-state index is 12.2. The van der Waals surface area contributed by atoms with Crippen LogP contribution >= 0.6 is 0 Å². The highest BCUT2D eigenvalue weighted by Gasteiger charge is 2.07. The van der Waals surface area contributed by atoms with Gasteiger partial charge < -0.3 is 10.1 Å². The molecule has 0 aliphatic heterocycles. The van der Waals surface area contributed by atoms with Crippen molar-refractivity contribution in [2.45, 2.75) is 13.3 Å². The zero-order valence-corrected chi connectivity index (χ0v) is 13.3. The summed E-state index contributed by atoms with van der Waals surface area (Å²) in [5.41, 5.74) is 1.49. The molecule has 0 atom stereocenters. The average molecular weight is 322 g/mol. The van der Waals surface area contributed by atoms with Gasteiger partial charge in [0.1, 0.15) is 5.75 Å². The topological polar surface area (TPSA) is 79.9 Å². The molecule has 0 amide bonds. The number of hydrogen-bond acceptors (Lipinski definition) is 5. The van der Waals surface area contributed by atoms with Crippen molar-refractivity contribution in [3.8, 4) is 17.0 Å². The van der Waals surface area contributed by atoms with E-state index >= 15 is 0 Å². The zero-order chi connectivity index (χ0) is 16.8. The molecule has 0 aliphatic carbocycles. The average Bonchev–Trinajstić information content (AvgIpc) is 2.61. The van der Waals surface area contributed by atoms with Crippen LogP contribution in [0.3, 0.4) is 0 Å². The molecule has 3 rings (SSSR count). The number of benzene rings is 2. The van der Waals surface area contributed by atoms with Crippen molar-refractivity contribution in [2.24, 2.45) is 0 Å². The predicted octanol–water partition coefficient (Wildman–Crippen LogP) is 3.36. The molecular weight excluding hydrogens is 304 g/mol. The number of ether oxygens (including phenoxy) is 1. The number of aromatic nitrogens is 3. The third-order valence-electron chi connectivity index (χ3n) is 3.31. The van der Waals surface area contributed by atoms with E-state index in [2.05, 4.69) is 27.4 Å². The van der Waals surface area contributed by atoms with Gasteiger partial charge in [0.25, 0.3) is 5.56 Å². The number of anilines is 2. The SMILES string of the molecule is CCCOc1cccc(Nc2nnc(-c3ccccc3)c(=O)[nH]2)c1. The lowest BCUT2D eigenvalue weighted by Gasteiger charge is -2.08. The molecule has 0 saturated carbocycles. The molecule has 0 unspecified atom stereocenters. The lowest BCUT2D eigenvalue weighted by molar-refractivity contribution is 0.317. The molecule has 0 aliphatic rings. The summed E-state index contributed by atoms with van der Waals surface area (Å²) < 4.78 is 5.59. The standard InChI is InChI=1S/C18H18N4O2/c1-2-11-24-15-10-6-9-14(12-15)19-18-20-17(23)16(21-22-18)13-7-4-3-5-8-13/h3-10,12H,2,11H2,1H3,(H2,19,20,22,23). The van der Waals surface area contributed by atoms with Crippen LogP contribution < -0.4 is 15.6 Å². The Hall–Kier alpha value is -3.15. The minimum atomic E-state index is -0.294. The van der Waals surface area contributed by atoms with Gasteiger partial charge in [0.15, 0.2) is 5.69 Å². The number of hydrogen-bond donors (Lipinski definition) is 2. The van der Waals surface area contributed by atoms with Gasteiger partial charge in [-0.25, -0.2) is 0 Å². The number of nitrogens with one attached hydrogen (secondary N) is 2. The maximum Gasteiger partial charge on any atom is 0.279 e. The van der Waals surface area contributed by atoms with E-state index in [1.54, 1.807) is 0 Å². The Balaban J connectivity index is 1.79. The summed E-state index contributed by atoms with van der Waals surface area (Å²) in [6.07, 6.45) is 0.942. The van der Waals surface area contributed by atoms with Gasteiger partial charge in [-0.15, -0.1) is 10.2 Å². The fraction of sp³-hybridized carbons (Fsp3) is 0.167. The van der Waals surface area contributed by atoms with Crippen LogP contribution in [0.15, 0.2) is 59.4 Å². The minimum Gasteiger partial charge on any atom is -0.494 e. The number of nitrogens with zero attached hydrogens (tertiary/aromatic N) is 2. The van der Waals surface area contributed by atoms with Crippen LogP contribution in [0.25, 0.3) is 11.3 Å². The van der Waals surface area contributed by atoms with E-state index in [0.29, 0.717) is 12.3 Å². The Morgan fingerprint density at radius 2 is 1.92 bits per heavy atom. The van der Waals surface area contributed by atoms with Crippen LogP contribution in [-0.4, -0.2) is 21.8 Å². The third kappa shape index (κ3) is 3.78. The largest absolute Gasteiger partial charge is 0.494 e. The van der Waals surface area contributed by atoms with Crippen molar-refractivity contribution >= 4 is 11.6 Å². The molecule has 6 nitrogen and oxygen atoms in total. The molecule has 0 spiro atoms. The molecule has 0 fully saturated rings. The van der Waals surface area contributed by atoms with E-state index in [0.717, 1.165) is 23.4 Å². The lowest BCUT2D eigenvalue weighted by Crippen LogP contribution is -2.15. The second-order valence-corrected chi connectivity index (χ2v) is 5.22. The van der Waals surface area contributed by atoms with Crippen molar-refractivity contribution < 1.29 is 4.74 Å². The van der Waals surface area contributed by atoms with Crippen molar-refractivity contribution in [1.82, 2.24) is 15.2 Å². The van der Waals surface area contributed by atoms with E-state index in [9.17, 15) is 4.79 Å². The highest BCUT2D eigenvalue weighted by molar-refractivity contribution is 5.59. The number of rotatable bonds is 6. The lowest BCUT2D eigenvalue weighted by atomic mass is 10.2. The van der Waals surface area contributed by atoms with Crippen molar-refractivity contribution in [3.05, 3.63) is 65.0 Å². The normalized spacial score (nSPS) is 10.4. The molecule has 2 aromatic carbocycles. The molecule has 0 bridgehead atoms. The van der Waals surface area contributed by atoms with Gasteiger partial charge in [-0.1, -0.05) is 43.3 Å². The van der Waals surface area contributed by atoms with Gasteiger partial charge in [0.05, 0.1) is 6.61 Å². The molecule has 3 aromatic rings. The van der Waals surface area contributed by atoms with E-state index in [1.807, 2.05) is 54.6 Å². The van der Waals surface area contributed by atoms with Crippen LogP contribution in [0.1, 0.15) is 13.3 Å². The zero-order valence-electron chi connectivity index (χ0n) is 13.3. The quantitative estimate of drug-likeness (QED) is 0.727. The molecule has 122 valence electrons. The second-order valence-electron chi connectivity index (χ2n) is 5.22. The molecule has 1 heterocycles. The summed E-state index contributed by atoms with van der Waals surface area (Å²) in [6, 6.07) is 16.7. The first-order valence-corrected chi connectivity index (χ1v) is 7.78. The molecule has 6 heteroatoms. The Bertz CT molecular complexity index is 862. The molecule has 0 saturated heterocycles. The van der Waals surface area contributed by atoms with Crippen LogP contribution in [0.5, 0.6) is 5.75 Å². The van der Waals surface area contributed by atoms with E-state index in [4.69, 9.17) is 4.74 Å². The van der Waals surface area contributed by atoms with Gasteiger partial charge >= 0.3 is 0 Å². The van der Waals surface area contributed by atoms with Gasteiger partial charge in [-0.3, -0.25) is 9.78 Å². The molecule has 24 heavy (non-hydrogen) atoms. The first kappa shape index (κ1) is 15.7. The van der Waals surface area contributed by atoms with E-state index in [1.165, 1.54) is 0 Å². The summed E-state index contributed by atoms with van der Waals surface area (Å²) in [6.45, 7) is 2.71. The summed E-state index contributed by atoms with van der Waals surface area (Å²) in [5.74, 6) is 1.05. The van der Waals surface area contributed by atoms with E-state index < -0.39 is 0 Å². The highest BCUT2D eigenvalue weighted by atomic mass is 16.5. The van der Waals surface area contributed by atoms with Crippen LogP contribution in [-0.2, 0) is 0 Å². The Labute approximate surface area is 139 Å². The highest BCUT2D eigenvalue weighted by Crippen LogP contribution is 2.19. The summed E-state index contributed by atoms with van der Waals surface area (Å²) >= 11 is 0. The van der Waals surface area contributed by atoms with Crippen LogP contribution in [0.2, 0.25) is 0 Å². The Morgan fingerprint density at radius 1 is 1.08 bits per heavy atom. The monoisotopic (exact) mass is 322 g/mol. The first-order chi connectivity index (χ1) is 11.8. The molecule has 2 N–H and O–H groups in total. The van der Waals surface area contributed by atoms with Crippen molar-refractivity contribution in [1.29, 1.82) is 0 Å². The summed E-state index contributed by atoms with van der Waals surface area (Å²) in [7, 11) is 0. The van der Waals surface area contributed by atoms with Crippen LogP contribution in [0, 0.1) is 0 Å². The summed E-state index contributed by atoms with van der Waals surface area (Å²) in [4.78, 5) is 14.9. The van der Waals surface area contributed by atoms with Gasteiger partial charge in [-0.2, -0.15) is 0 Å². The van der Waals surface area contributed by atoms with E-state index in [-0.39, 0.29) is 11.5 Å². The van der Waals surface area contributed by atoms with Gasteiger partial charge in [0.2, 0.25) is 5.95 Å². The molecule has 0 radical (unpaired) electrons. The Morgan fingerprint density at radius 3 is 2.67 bits per heavy atom. The smallest absolute Gasteiger partial charge is 0.279 e. The fourth-order valence-electron chi connectivity index (χ4n) is 2.20. The maximum atomic E-state index is 12.2. The fourth-order valence-corrected chi connectivity index (χ4v) is 2.20. The minimum absolute atomic E-state index is 0.285. The third-order valence-corrected chi connectivity index (χ3v) is 3.31. The Kier molecular flexibility index (Phi) is 4.86. The second kappa shape index (κ2) is 7.41. The molecule has 1 aromatic heterocycles. The predicted molar refractivity (Wildman–Crippen MR) is 93.6 cm³/mol. The summed E-state index contributed by atoms with van der Waals surface area (Å²) in [5, 5.41) is 11.1. The number of aromatic amines is 1. The van der Waals surface area contributed by atoms with Crippen LogP contribution in [0.4, 0.5) is 11.6 Å². The van der Waals surface area contributed by atoms with Gasteiger partial charge in [-0.05, 0) is 18.6 Å². The van der Waals surface area contributed by atoms with Crippen molar-refractivity contribution in [2.75, 3.05) is 11.9 Å². The van der Waals surface area contributed by atoms with Crippen molar-refractivity contribution in [3.63, 3.8) is 0 Å². The number of H-pyrrole nitrogens is 1. The first-order valence-electron chi connectivity index (χ1n) is 7.78.